The lowest BCUT2D eigenvalue weighted by molar-refractivity contribution is -0.148. The number of allylic oxidation sites excluding steroid dienone is 3. The predicted molar refractivity (Wildman–Crippen MR) is 148 cm³/mol. The quantitative estimate of drug-likeness (QED) is 0.150. The van der Waals surface area contributed by atoms with Crippen molar-refractivity contribution >= 4 is 18.0 Å². The lowest BCUT2D eigenvalue weighted by Gasteiger charge is -2.16. The summed E-state index contributed by atoms with van der Waals surface area (Å²) in [5, 5.41) is 19.9. The fourth-order valence-corrected chi connectivity index (χ4v) is 3.80. The van der Waals surface area contributed by atoms with E-state index in [-0.39, 0.29) is 17.7 Å². The second-order valence-corrected chi connectivity index (χ2v) is 9.62. The van der Waals surface area contributed by atoms with Crippen molar-refractivity contribution in [1.29, 1.82) is 0 Å². The van der Waals surface area contributed by atoms with Gasteiger partial charge in [0.2, 0.25) is 0 Å². The molecule has 0 saturated carbocycles. The number of aromatic hydroxyl groups is 1. The molecule has 1 fully saturated rings. The first kappa shape index (κ1) is 30.8. The van der Waals surface area contributed by atoms with Crippen LogP contribution >= 0.6 is 0 Å². The molecule has 1 aromatic rings. The van der Waals surface area contributed by atoms with Gasteiger partial charge in [-0.15, -0.1) is 0 Å². The number of carbonyl (C=O) groups is 2. The van der Waals surface area contributed by atoms with Crippen LogP contribution in [-0.2, 0) is 23.8 Å². The highest BCUT2D eigenvalue weighted by atomic mass is 16.6. The Labute approximate surface area is 225 Å². The maximum absolute atomic E-state index is 12.4. The van der Waals surface area contributed by atoms with Crippen LogP contribution in [0.5, 0.6) is 5.75 Å². The van der Waals surface area contributed by atoms with Gasteiger partial charge in [-0.2, -0.15) is 0 Å². The minimum Gasteiger partial charge on any atom is -0.508 e. The molecule has 1 aliphatic rings. The van der Waals surface area contributed by atoms with Crippen molar-refractivity contribution in [1.82, 2.24) is 0 Å². The fraction of sp³-hybridized carbons (Fsp3) is 0.419. The average Bonchev–Trinajstić information content (AvgIpc) is 3.12. The Bertz CT molecular complexity index is 1090. The summed E-state index contributed by atoms with van der Waals surface area (Å²) in [4.78, 5) is 23.9. The SMILES string of the molecule is CC(=O)O[C@H]1/C(=C\CC(O)/C(C)=C/CC/C(C)=C\COC/C=C/c2ccc(O)cc2)C(=O)O[C@@H]1C=C(C)C. The van der Waals surface area contributed by atoms with E-state index in [0.717, 1.165) is 29.6 Å². The first-order valence-electron chi connectivity index (χ1n) is 12.8. The van der Waals surface area contributed by atoms with Crippen LogP contribution < -0.4 is 0 Å². The molecular formula is C31H40O7. The molecule has 1 aromatic carbocycles. The summed E-state index contributed by atoms with van der Waals surface area (Å²) in [5.74, 6) is -0.789. The molecule has 0 aliphatic carbocycles. The summed E-state index contributed by atoms with van der Waals surface area (Å²) >= 11 is 0. The Morgan fingerprint density at radius 1 is 1.08 bits per heavy atom. The number of ether oxygens (including phenoxy) is 3. The summed E-state index contributed by atoms with van der Waals surface area (Å²) in [7, 11) is 0. The van der Waals surface area contributed by atoms with Crippen LogP contribution in [0.15, 0.2) is 76.9 Å². The van der Waals surface area contributed by atoms with Crippen molar-refractivity contribution < 1.29 is 34.0 Å². The van der Waals surface area contributed by atoms with Crippen molar-refractivity contribution in [2.75, 3.05) is 13.2 Å². The molecule has 0 amide bonds. The number of benzene rings is 1. The van der Waals surface area contributed by atoms with E-state index in [1.165, 1.54) is 12.5 Å². The number of cyclic esters (lactones) is 1. The maximum atomic E-state index is 12.4. The van der Waals surface area contributed by atoms with Crippen molar-refractivity contribution in [2.24, 2.45) is 0 Å². The zero-order chi connectivity index (χ0) is 28.1. The Morgan fingerprint density at radius 2 is 1.79 bits per heavy atom. The number of phenolic OH excluding ortho intramolecular Hbond substituents is 1. The lowest BCUT2D eigenvalue weighted by Crippen LogP contribution is -2.26. The largest absolute Gasteiger partial charge is 0.508 e. The predicted octanol–water partition coefficient (Wildman–Crippen LogP) is 5.60. The van der Waals surface area contributed by atoms with Gasteiger partial charge in [0, 0.05) is 6.92 Å². The molecule has 2 rings (SSSR count). The molecule has 3 atom stereocenters. The van der Waals surface area contributed by atoms with Crippen molar-refractivity contribution in [3.05, 3.63) is 82.5 Å². The highest BCUT2D eigenvalue weighted by molar-refractivity contribution is 5.93. The molecule has 2 N–H and O–H groups in total. The van der Waals surface area contributed by atoms with Crippen molar-refractivity contribution in [3.63, 3.8) is 0 Å². The second-order valence-electron chi connectivity index (χ2n) is 9.62. The van der Waals surface area contributed by atoms with Crippen LogP contribution in [0, 0.1) is 0 Å². The van der Waals surface area contributed by atoms with Gasteiger partial charge < -0.3 is 24.4 Å². The van der Waals surface area contributed by atoms with Gasteiger partial charge in [0.1, 0.15) is 5.75 Å². The van der Waals surface area contributed by atoms with Crippen LogP contribution in [0.1, 0.15) is 59.4 Å². The Balaban J connectivity index is 1.80. The monoisotopic (exact) mass is 524 g/mol. The van der Waals surface area contributed by atoms with Gasteiger partial charge in [-0.05, 0) is 76.3 Å². The average molecular weight is 525 g/mol. The lowest BCUT2D eigenvalue weighted by atomic mass is 10.0. The van der Waals surface area contributed by atoms with Crippen LogP contribution in [0.25, 0.3) is 6.08 Å². The van der Waals surface area contributed by atoms with E-state index < -0.39 is 30.3 Å². The van der Waals surface area contributed by atoms with Crippen LogP contribution in [-0.4, -0.2) is 53.7 Å². The first-order chi connectivity index (χ1) is 18.1. The summed E-state index contributed by atoms with van der Waals surface area (Å²) < 4.78 is 16.3. The number of hydrogen-bond acceptors (Lipinski definition) is 7. The number of carbonyl (C=O) groups excluding carboxylic acids is 2. The molecule has 0 spiro atoms. The number of esters is 2. The molecule has 7 nitrogen and oxygen atoms in total. The standard InChI is InChI=1S/C31H40O7/c1-21(2)20-29-30(37-24(5)32)27(31(35)38-29)15-16-28(34)23(4)9-6-8-22(3)17-19-36-18-7-10-25-11-13-26(33)14-12-25/h7,9-15,17,20,28-30,33-34H,6,8,16,18-19H2,1-5H3/b10-7+,22-17-,23-9+,27-15+/t28?,29-,30+/m1/s1. The minimum atomic E-state index is -0.815. The maximum Gasteiger partial charge on any atom is 0.338 e. The highest BCUT2D eigenvalue weighted by Gasteiger charge is 2.41. The second kappa shape index (κ2) is 15.7. The number of aliphatic hydroxyl groups is 1. The van der Waals surface area contributed by atoms with Crippen LogP contribution in [0.2, 0.25) is 0 Å². The van der Waals surface area contributed by atoms with Crippen molar-refractivity contribution in [3.8, 4) is 5.75 Å². The van der Waals surface area contributed by atoms with Crippen LogP contribution in [0.3, 0.4) is 0 Å². The first-order valence-corrected chi connectivity index (χ1v) is 12.8. The third-order valence-electron chi connectivity index (χ3n) is 5.93. The molecule has 0 bridgehead atoms. The molecule has 0 aromatic heterocycles. The summed E-state index contributed by atoms with van der Waals surface area (Å²) in [6.07, 6.45) is 10.8. The Kier molecular flexibility index (Phi) is 12.8. The van der Waals surface area contributed by atoms with Gasteiger partial charge in [-0.1, -0.05) is 53.7 Å². The highest BCUT2D eigenvalue weighted by Crippen LogP contribution is 2.27. The number of rotatable bonds is 13. The number of hydrogen-bond donors (Lipinski definition) is 2. The van der Waals surface area contributed by atoms with E-state index in [1.54, 1.807) is 24.3 Å². The molecule has 38 heavy (non-hydrogen) atoms. The smallest absolute Gasteiger partial charge is 0.338 e. The Hall–Kier alpha value is -3.42. The third-order valence-corrected chi connectivity index (χ3v) is 5.93. The van der Waals surface area contributed by atoms with Gasteiger partial charge in [-0.3, -0.25) is 4.79 Å². The topological polar surface area (TPSA) is 102 Å². The van der Waals surface area contributed by atoms with Gasteiger partial charge in [0.15, 0.2) is 12.2 Å². The molecule has 1 saturated heterocycles. The Morgan fingerprint density at radius 3 is 2.45 bits per heavy atom. The summed E-state index contributed by atoms with van der Waals surface area (Å²) in [6, 6.07) is 6.96. The minimum absolute atomic E-state index is 0.215. The van der Waals surface area contributed by atoms with Gasteiger partial charge in [-0.25, -0.2) is 4.79 Å². The van der Waals surface area contributed by atoms with E-state index in [0.29, 0.717) is 13.2 Å². The molecule has 1 aliphatic heterocycles. The molecule has 7 heteroatoms. The number of phenols is 1. The van der Waals surface area contributed by atoms with E-state index in [9.17, 15) is 19.8 Å². The van der Waals surface area contributed by atoms with E-state index in [1.807, 2.05) is 64.1 Å². The summed E-state index contributed by atoms with van der Waals surface area (Å²) in [6.45, 7) is 9.95. The van der Waals surface area contributed by atoms with Gasteiger partial charge in [0.05, 0.1) is 24.9 Å². The van der Waals surface area contributed by atoms with Crippen LogP contribution in [0.4, 0.5) is 0 Å². The zero-order valence-corrected chi connectivity index (χ0v) is 23.0. The normalized spacial score (nSPS) is 20.1. The fourth-order valence-electron chi connectivity index (χ4n) is 3.80. The van der Waals surface area contributed by atoms with E-state index in [4.69, 9.17) is 14.2 Å². The van der Waals surface area contributed by atoms with Gasteiger partial charge in [0.25, 0.3) is 0 Å². The number of aliphatic hydroxyl groups excluding tert-OH is 1. The summed E-state index contributed by atoms with van der Waals surface area (Å²) in [5.41, 5.74) is 4.20. The van der Waals surface area contributed by atoms with Gasteiger partial charge >= 0.3 is 11.9 Å². The molecule has 1 unspecified atom stereocenters. The molecule has 206 valence electrons. The van der Waals surface area contributed by atoms with E-state index >= 15 is 0 Å². The van der Waals surface area contributed by atoms with Crippen molar-refractivity contribution in [2.45, 2.75) is 72.2 Å². The van der Waals surface area contributed by atoms with E-state index in [2.05, 4.69) is 0 Å². The zero-order valence-electron chi connectivity index (χ0n) is 23.0. The molecular weight excluding hydrogens is 484 g/mol. The molecule has 1 heterocycles. The third kappa shape index (κ3) is 10.9. The molecule has 0 radical (unpaired) electrons.